The number of hydrogen-bond acceptors (Lipinski definition) is 4. The van der Waals surface area contributed by atoms with Crippen molar-refractivity contribution >= 4 is 15.8 Å². The Morgan fingerprint density at radius 2 is 1.77 bits per heavy atom. The van der Waals surface area contributed by atoms with Crippen LogP contribution in [0.15, 0.2) is 58.4 Å². The molecule has 2 N–H and O–H groups in total. The van der Waals surface area contributed by atoms with Crippen molar-refractivity contribution in [3.63, 3.8) is 0 Å². The Hall–Kier alpha value is -2.38. The first-order chi connectivity index (χ1) is 14.8. The van der Waals surface area contributed by atoms with Gasteiger partial charge in [0.2, 0.25) is 0 Å². The summed E-state index contributed by atoms with van der Waals surface area (Å²) in [4.78, 5) is 7.24. The van der Waals surface area contributed by atoms with Gasteiger partial charge in [-0.2, -0.15) is 0 Å². The second-order valence-corrected chi connectivity index (χ2v) is 10.3. The minimum absolute atomic E-state index is 0.357. The number of hydrogen-bond donors (Lipinski definition) is 2. The maximum absolute atomic E-state index is 11.6. The first-order valence-corrected chi connectivity index (χ1v) is 12.8. The fourth-order valence-corrected chi connectivity index (χ4v) is 4.51. The van der Waals surface area contributed by atoms with Crippen LogP contribution in [0.4, 0.5) is 0 Å². The van der Waals surface area contributed by atoms with Gasteiger partial charge in [-0.15, -0.1) is 0 Å². The van der Waals surface area contributed by atoms with Crippen molar-refractivity contribution in [1.29, 1.82) is 0 Å². The molecule has 0 radical (unpaired) electrons. The van der Waals surface area contributed by atoms with Crippen LogP contribution in [0.3, 0.4) is 0 Å². The first-order valence-electron chi connectivity index (χ1n) is 10.9. The molecule has 1 heterocycles. The third-order valence-electron chi connectivity index (χ3n) is 5.86. The maximum Gasteiger partial charge on any atom is 0.191 e. The third kappa shape index (κ3) is 7.08. The highest BCUT2D eigenvalue weighted by Crippen LogP contribution is 2.16. The third-order valence-corrected chi connectivity index (χ3v) is 6.99. The highest BCUT2D eigenvalue weighted by molar-refractivity contribution is 7.90. The Labute approximate surface area is 186 Å². The van der Waals surface area contributed by atoms with Gasteiger partial charge in [-0.3, -0.25) is 9.89 Å². The van der Waals surface area contributed by atoms with Crippen molar-refractivity contribution in [1.82, 2.24) is 15.5 Å². The predicted molar refractivity (Wildman–Crippen MR) is 127 cm³/mol. The highest BCUT2D eigenvalue weighted by atomic mass is 32.2. The molecule has 0 bridgehead atoms. The van der Waals surface area contributed by atoms with Gasteiger partial charge >= 0.3 is 0 Å². The molecule has 0 spiro atoms. The molecule has 7 heteroatoms. The Bertz CT molecular complexity index is 979. The molecule has 1 fully saturated rings. The molecule has 1 aliphatic heterocycles. The van der Waals surface area contributed by atoms with Crippen LogP contribution in [0.1, 0.15) is 29.5 Å². The summed E-state index contributed by atoms with van der Waals surface area (Å²) in [6.45, 7) is 6.10. The smallest absolute Gasteiger partial charge is 0.191 e. The van der Waals surface area contributed by atoms with Crippen LogP contribution in [-0.2, 0) is 22.8 Å². The van der Waals surface area contributed by atoms with Crippen molar-refractivity contribution in [3.8, 4) is 0 Å². The van der Waals surface area contributed by atoms with E-state index < -0.39 is 9.84 Å². The molecule has 0 aliphatic carbocycles. The predicted octanol–water partition coefficient (Wildman–Crippen LogP) is 2.77. The molecule has 168 valence electrons. The summed E-state index contributed by atoms with van der Waals surface area (Å²) < 4.78 is 23.1. The summed E-state index contributed by atoms with van der Waals surface area (Å²) in [6.07, 6.45) is 4.23. The lowest BCUT2D eigenvalue weighted by molar-refractivity contribution is 0.198. The molecular formula is C24H34N4O2S. The average molecular weight is 443 g/mol. The zero-order valence-electron chi connectivity index (χ0n) is 18.8. The van der Waals surface area contributed by atoms with E-state index in [2.05, 4.69) is 51.7 Å². The minimum Gasteiger partial charge on any atom is -0.356 e. The molecule has 0 atom stereocenters. The monoisotopic (exact) mass is 442 g/mol. The minimum atomic E-state index is -3.15. The SMILES string of the molecule is CN=C(NCCc1ccc(S(C)(=O)=O)cc1)NC1CCN(Cc2ccccc2C)CC1. The van der Waals surface area contributed by atoms with Crippen molar-refractivity contribution in [2.45, 2.75) is 43.7 Å². The molecule has 1 saturated heterocycles. The number of guanidine groups is 1. The van der Waals surface area contributed by atoms with Gasteiger partial charge in [-0.05, 0) is 55.0 Å². The van der Waals surface area contributed by atoms with E-state index in [4.69, 9.17) is 0 Å². The molecular weight excluding hydrogens is 408 g/mol. The zero-order chi connectivity index (χ0) is 22.3. The van der Waals surface area contributed by atoms with Crippen molar-refractivity contribution in [3.05, 3.63) is 65.2 Å². The first kappa shape index (κ1) is 23.3. The van der Waals surface area contributed by atoms with Crippen LogP contribution in [-0.4, -0.2) is 58.3 Å². The molecule has 6 nitrogen and oxygen atoms in total. The van der Waals surface area contributed by atoms with Gasteiger partial charge in [-0.25, -0.2) is 8.42 Å². The second kappa shape index (κ2) is 10.8. The lowest BCUT2D eigenvalue weighted by atomic mass is 10.0. The zero-order valence-corrected chi connectivity index (χ0v) is 19.6. The van der Waals surface area contributed by atoms with Gasteiger partial charge in [0.15, 0.2) is 15.8 Å². The van der Waals surface area contributed by atoms with Gasteiger partial charge in [0.1, 0.15) is 0 Å². The number of rotatable bonds is 7. The van der Waals surface area contributed by atoms with Gasteiger partial charge in [0.05, 0.1) is 4.90 Å². The average Bonchev–Trinajstić information content (AvgIpc) is 2.75. The summed E-state index contributed by atoms with van der Waals surface area (Å²) in [5.74, 6) is 0.824. The molecule has 2 aromatic rings. The van der Waals surface area contributed by atoms with Crippen molar-refractivity contribution in [2.75, 3.05) is 32.9 Å². The number of likely N-dealkylation sites (tertiary alicyclic amines) is 1. The highest BCUT2D eigenvalue weighted by Gasteiger charge is 2.20. The van der Waals surface area contributed by atoms with E-state index in [-0.39, 0.29) is 0 Å². The van der Waals surface area contributed by atoms with Gasteiger partial charge in [-0.1, -0.05) is 36.4 Å². The number of sulfone groups is 1. The van der Waals surface area contributed by atoms with Gasteiger partial charge in [0.25, 0.3) is 0 Å². The summed E-state index contributed by atoms with van der Waals surface area (Å²) >= 11 is 0. The normalized spacial score (nSPS) is 16.3. The van der Waals surface area contributed by atoms with Gasteiger partial charge in [0, 0.05) is 45.5 Å². The van der Waals surface area contributed by atoms with E-state index in [0.717, 1.165) is 57.0 Å². The fraction of sp³-hybridized carbons (Fsp3) is 0.458. The summed E-state index contributed by atoms with van der Waals surface area (Å²) in [6, 6.07) is 16.1. The second-order valence-electron chi connectivity index (χ2n) is 8.29. The summed E-state index contributed by atoms with van der Waals surface area (Å²) in [5, 5.41) is 6.93. The molecule has 1 aliphatic rings. The largest absolute Gasteiger partial charge is 0.356 e. The van der Waals surface area contributed by atoms with Crippen LogP contribution in [0.25, 0.3) is 0 Å². The summed E-state index contributed by atoms with van der Waals surface area (Å²) in [7, 11) is -1.35. The van der Waals surface area contributed by atoms with E-state index >= 15 is 0 Å². The standard InChI is InChI=1S/C24H34N4O2S/c1-19-6-4-5-7-21(19)18-28-16-13-22(14-17-28)27-24(25-2)26-15-12-20-8-10-23(11-9-20)31(3,29)30/h4-11,22H,12-18H2,1-3H3,(H2,25,26,27). The maximum atomic E-state index is 11.6. The Morgan fingerprint density at radius 3 is 2.39 bits per heavy atom. The molecule has 2 aromatic carbocycles. The summed E-state index contributed by atoms with van der Waals surface area (Å²) in [5.41, 5.74) is 3.87. The van der Waals surface area contributed by atoms with E-state index in [9.17, 15) is 8.42 Å². The Kier molecular flexibility index (Phi) is 8.09. The van der Waals surface area contributed by atoms with Crippen LogP contribution in [0.5, 0.6) is 0 Å². The molecule has 0 saturated carbocycles. The number of aliphatic imine (C=N–C) groups is 1. The van der Waals surface area contributed by atoms with E-state index in [0.29, 0.717) is 10.9 Å². The Balaban J connectivity index is 1.40. The topological polar surface area (TPSA) is 73.8 Å². The molecule has 0 unspecified atom stereocenters. The fourth-order valence-electron chi connectivity index (χ4n) is 3.88. The van der Waals surface area contributed by atoms with Crippen LogP contribution in [0.2, 0.25) is 0 Å². The Morgan fingerprint density at radius 1 is 1.10 bits per heavy atom. The number of nitrogens with zero attached hydrogens (tertiary/aromatic N) is 2. The lowest BCUT2D eigenvalue weighted by Crippen LogP contribution is -2.48. The molecule has 0 amide bonds. The van der Waals surface area contributed by atoms with Crippen LogP contribution >= 0.6 is 0 Å². The van der Waals surface area contributed by atoms with E-state index in [1.807, 2.05) is 12.1 Å². The van der Waals surface area contributed by atoms with Crippen LogP contribution < -0.4 is 10.6 Å². The van der Waals surface area contributed by atoms with Crippen LogP contribution in [0, 0.1) is 6.92 Å². The van der Waals surface area contributed by atoms with E-state index in [1.165, 1.54) is 17.4 Å². The number of aryl methyl sites for hydroxylation is 1. The number of piperidine rings is 1. The molecule has 31 heavy (non-hydrogen) atoms. The number of nitrogens with one attached hydrogen (secondary N) is 2. The van der Waals surface area contributed by atoms with Gasteiger partial charge < -0.3 is 10.6 Å². The quantitative estimate of drug-likeness (QED) is 0.510. The lowest BCUT2D eigenvalue weighted by Gasteiger charge is -2.33. The van der Waals surface area contributed by atoms with E-state index in [1.54, 1.807) is 19.2 Å². The number of benzene rings is 2. The molecule has 3 rings (SSSR count). The van der Waals surface area contributed by atoms with Crippen molar-refractivity contribution in [2.24, 2.45) is 4.99 Å². The van der Waals surface area contributed by atoms with Crippen molar-refractivity contribution < 1.29 is 8.42 Å². The molecule has 0 aromatic heterocycles.